The number of benzene rings is 7. The van der Waals surface area contributed by atoms with E-state index in [1.807, 2.05) is 24.3 Å². The second-order valence-electron chi connectivity index (χ2n) is 13.3. The van der Waals surface area contributed by atoms with Crippen LogP contribution in [-0.4, -0.2) is 10.3 Å². The van der Waals surface area contributed by atoms with Gasteiger partial charge in [-0.3, -0.25) is 4.99 Å². The predicted molar refractivity (Wildman–Crippen MR) is 209 cm³/mol. The molecule has 2 aliphatic rings. The molecular weight excluding hydrogens is 625 g/mol. The number of allylic oxidation sites excluding steroid dienone is 1. The monoisotopic (exact) mass is 658 g/mol. The van der Waals surface area contributed by atoms with E-state index in [2.05, 4.69) is 151 Å². The molecule has 2 unspecified atom stereocenters. The van der Waals surface area contributed by atoms with Gasteiger partial charge in [-0.25, -0.2) is 0 Å². The molecular formula is C47H34N2O2. The summed E-state index contributed by atoms with van der Waals surface area (Å²) in [4.78, 5) is 5.45. The van der Waals surface area contributed by atoms with Crippen molar-refractivity contribution in [3.63, 3.8) is 0 Å². The van der Waals surface area contributed by atoms with E-state index in [9.17, 15) is 0 Å². The van der Waals surface area contributed by atoms with E-state index in [-0.39, 0.29) is 12.0 Å². The number of rotatable bonds is 5. The molecule has 7 aromatic carbocycles. The number of hydrogen-bond acceptors (Lipinski definition) is 3. The van der Waals surface area contributed by atoms with E-state index in [0.29, 0.717) is 5.75 Å². The van der Waals surface area contributed by atoms with Gasteiger partial charge in [0.15, 0.2) is 23.0 Å². The standard InChI is InChI=1S/C47H34N2O2/c1-2-34-38(30-15-5-3-6-16-30)29-39(31-17-7-4-8-18-31)48-44(34)32-25-27-33(28-26-32)49-40-22-12-11-21-37(40)43-35-19-9-10-20-36(35)46-47(45(43)49)51-42-24-14-13-23-41(42)50-46/h3-29,34,44H,2H2,1H3. The van der Waals surface area contributed by atoms with Crippen LogP contribution in [0.1, 0.15) is 36.1 Å². The normalized spacial score (nSPS) is 16.6. The molecule has 0 spiro atoms. The highest BCUT2D eigenvalue weighted by Crippen LogP contribution is 2.55. The van der Waals surface area contributed by atoms with Crippen molar-refractivity contribution in [3.8, 4) is 28.7 Å². The van der Waals surface area contributed by atoms with Crippen LogP contribution in [0.15, 0.2) is 169 Å². The van der Waals surface area contributed by atoms with E-state index in [4.69, 9.17) is 14.5 Å². The van der Waals surface area contributed by atoms with E-state index in [1.54, 1.807) is 0 Å². The summed E-state index contributed by atoms with van der Waals surface area (Å²) >= 11 is 0. The third-order valence-electron chi connectivity index (χ3n) is 10.5. The van der Waals surface area contributed by atoms with Crippen molar-refractivity contribution < 1.29 is 9.47 Å². The molecule has 4 heteroatoms. The lowest BCUT2D eigenvalue weighted by atomic mass is 9.79. The highest BCUT2D eigenvalue weighted by molar-refractivity contribution is 6.25. The first-order valence-corrected chi connectivity index (χ1v) is 17.7. The molecule has 0 radical (unpaired) electrons. The van der Waals surface area contributed by atoms with Crippen molar-refractivity contribution in [2.45, 2.75) is 19.4 Å². The predicted octanol–water partition coefficient (Wildman–Crippen LogP) is 12.5. The molecule has 0 saturated heterocycles. The first-order valence-electron chi connectivity index (χ1n) is 17.7. The molecule has 0 amide bonds. The van der Waals surface area contributed by atoms with Crippen molar-refractivity contribution in [2.24, 2.45) is 10.9 Å². The average Bonchev–Trinajstić information content (AvgIpc) is 3.56. The molecule has 51 heavy (non-hydrogen) atoms. The van der Waals surface area contributed by atoms with Crippen LogP contribution < -0.4 is 9.47 Å². The lowest BCUT2D eigenvalue weighted by Gasteiger charge is -2.31. The van der Waals surface area contributed by atoms with Gasteiger partial charge >= 0.3 is 0 Å². The van der Waals surface area contributed by atoms with Gasteiger partial charge in [0, 0.05) is 27.8 Å². The van der Waals surface area contributed by atoms with E-state index < -0.39 is 0 Å². The minimum absolute atomic E-state index is 0.0254. The summed E-state index contributed by atoms with van der Waals surface area (Å²) in [7, 11) is 0. The van der Waals surface area contributed by atoms with Gasteiger partial charge in [-0.05, 0) is 70.5 Å². The average molecular weight is 659 g/mol. The zero-order valence-electron chi connectivity index (χ0n) is 28.2. The Morgan fingerprint density at radius 1 is 0.569 bits per heavy atom. The topological polar surface area (TPSA) is 35.8 Å². The van der Waals surface area contributed by atoms with Crippen LogP contribution >= 0.6 is 0 Å². The Bertz CT molecular complexity index is 2670. The SMILES string of the molecule is CCC1C(c2ccccc2)=CC(c2ccccc2)=NC1c1ccc(-n2c3ccccc3c3c4ccccc4c4c(c32)Oc2ccccc2O4)cc1. The number of nitrogens with zero attached hydrogens (tertiary/aromatic N) is 2. The molecule has 0 saturated carbocycles. The first-order chi connectivity index (χ1) is 25.3. The Hall–Kier alpha value is -6.39. The van der Waals surface area contributed by atoms with Crippen molar-refractivity contribution in [2.75, 3.05) is 0 Å². The van der Waals surface area contributed by atoms with Gasteiger partial charge < -0.3 is 14.0 Å². The lowest BCUT2D eigenvalue weighted by Crippen LogP contribution is -2.20. The third-order valence-corrected chi connectivity index (χ3v) is 10.5. The zero-order valence-corrected chi connectivity index (χ0v) is 28.2. The molecule has 1 aromatic heterocycles. The van der Waals surface area contributed by atoms with Crippen LogP contribution in [0.2, 0.25) is 0 Å². The second kappa shape index (κ2) is 11.9. The fourth-order valence-corrected chi connectivity index (χ4v) is 8.13. The fraction of sp³-hybridized carbons (Fsp3) is 0.0851. The van der Waals surface area contributed by atoms with Gasteiger partial charge in [-0.1, -0.05) is 134 Å². The maximum Gasteiger partial charge on any atom is 0.195 e. The van der Waals surface area contributed by atoms with Crippen LogP contribution in [-0.2, 0) is 0 Å². The van der Waals surface area contributed by atoms with Gasteiger partial charge in [-0.2, -0.15) is 0 Å². The molecule has 3 heterocycles. The summed E-state index contributed by atoms with van der Waals surface area (Å²) in [5.41, 5.74) is 9.10. The van der Waals surface area contributed by atoms with Gasteiger partial charge in [-0.15, -0.1) is 0 Å². The lowest BCUT2D eigenvalue weighted by molar-refractivity contribution is 0.366. The zero-order chi connectivity index (χ0) is 33.9. The van der Waals surface area contributed by atoms with E-state index >= 15 is 0 Å². The number of aliphatic imine (C=N–C) groups is 1. The quantitative estimate of drug-likeness (QED) is 0.184. The number of hydrogen-bond donors (Lipinski definition) is 0. The summed E-state index contributed by atoms with van der Waals surface area (Å²) in [6.07, 6.45) is 3.28. The Kier molecular flexibility index (Phi) is 6.88. The molecule has 2 atom stereocenters. The summed E-state index contributed by atoms with van der Waals surface area (Å²) in [5.74, 6) is 3.15. The Morgan fingerprint density at radius 3 is 1.86 bits per heavy atom. The summed E-state index contributed by atoms with van der Waals surface area (Å²) < 4.78 is 15.8. The van der Waals surface area contributed by atoms with Crippen molar-refractivity contribution in [1.29, 1.82) is 0 Å². The Balaban J connectivity index is 1.16. The molecule has 2 aliphatic heterocycles. The van der Waals surface area contributed by atoms with Crippen molar-refractivity contribution >= 4 is 43.9 Å². The van der Waals surface area contributed by atoms with E-state index in [0.717, 1.165) is 67.8 Å². The molecule has 0 aliphatic carbocycles. The molecule has 10 rings (SSSR count). The first kappa shape index (κ1) is 29.5. The highest BCUT2D eigenvalue weighted by atomic mass is 16.6. The van der Waals surface area contributed by atoms with Gasteiger partial charge in [0.1, 0.15) is 5.52 Å². The van der Waals surface area contributed by atoms with Crippen molar-refractivity contribution in [1.82, 2.24) is 4.57 Å². The second-order valence-corrected chi connectivity index (χ2v) is 13.3. The molecule has 244 valence electrons. The fourth-order valence-electron chi connectivity index (χ4n) is 8.13. The molecule has 8 aromatic rings. The summed E-state index contributed by atoms with van der Waals surface area (Å²) in [6, 6.07) is 55.3. The molecule has 0 fully saturated rings. The van der Waals surface area contributed by atoms with Crippen LogP contribution in [0.5, 0.6) is 23.0 Å². The van der Waals surface area contributed by atoms with Crippen LogP contribution in [0.3, 0.4) is 0 Å². The number of fused-ring (bicyclic) bond motifs is 9. The van der Waals surface area contributed by atoms with Crippen LogP contribution in [0, 0.1) is 5.92 Å². The minimum Gasteiger partial charge on any atom is -0.449 e. The number of dihydropyridines is 1. The van der Waals surface area contributed by atoms with E-state index in [1.165, 1.54) is 22.1 Å². The number of ether oxygens (including phenoxy) is 2. The summed E-state index contributed by atoms with van der Waals surface area (Å²) in [5, 5.41) is 4.49. The Morgan fingerprint density at radius 2 is 1.16 bits per heavy atom. The Labute approximate surface area is 296 Å². The van der Waals surface area contributed by atoms with Crippen molar-refractivity contribution in [3.05, 3.63) is 180 Å². The maximum atomic E-state index is 6.78. The number of aromatic nitrogens is 1. The minimum atomic E-state index is -0.0254. The summed E-state index contributed by atoms with van der Waals surface area (Å²) in [6.45, 7) is 2.28. The van der Waals surface area contributed by atoms with Crippen LogP contribution in [0.25, 0.3) is 43.8 Å². The largest absolute Gasteiger partial charge is 0.449 e. The maximum absolute atomic E-state index is 6.78. The van der Waals surface area contributed by atoms with Gasteiger partial charge in [0.25, 0.3) is 0 Å². The van der Waals surface area contributed by atoms with Crippen LogP contribution in [0.4, 0.5) is 0 Å². The molecule has 0 N–H and O–H groups in total. The highest BCUT2D eigenvalue weighted by Gasteiger charge is 2.31. The smallest absolute Gasteiger partial charge is 0.195 e. The molecule has 4 nitrogen and oxygen atoms in total. The number of para-hydroxylation sites is 3. The van der Waals surface area contributed by atoms with Gasteiger partial charge in [0.2, 0.25) is 0 Å². The van der Waals surface area contributed by atoms with Gasteiger partial charge in [0.05, 0.1) is 17.3 Å². The molecule has 0 bridgehead atoms. The third kappa shape index (κ3) is 4.71.